The minimum Gasteiger partial charge on any atom is -0.374 e. The van der Waals surface area contributed by atoms with Crippen molar-refractivity contribution >= 4 is 45.7 Å². The molecule has 3 aromatic rings. The van der Waals surface area contributed by atoms with E-state index in [1.54, 1.807) is 11.0 Å². The second-order valence-electron chi connectivity index (χ2n) is 7.11. The fraction of sp³-hybridized carbons (Fsp3) is 0.250. The monoisotopic (exact) mass is 450 g/mol. The summed E-state index contributed by atoms with van der Waals surface area (Å²) >= 11 is 12.4. The molecule has 1 aromatic heterocycles. The molecule has 0 saturated carbocycles. The third kappa shape index (κ3) is 3.68. The average Bonchev–Trinajstić information content (AvgIpc) is 2.66. The molecule has 0 saturated heterocycles. The standard InChI is InChI=1S/C20H17Cl2FN4O3/c1-9-18-10(4-11(21)5-13(18)22)2-3-27(9)17(28)8-24-16-7-15-12(6-14(16)23)19(29)26-20(30)25-15/h4-7,9,24H,2-3,8H2,1H3,(H2,25,26,29,30). The molecular formula is C20H17Cl2FN4O3. The Labute approximate surface area is 179 Å². The Hall–Kier alpha value is -2.84. The molecule has 0 bridgehead atoms. The van der Waals surface area contributed by atoms with Crippen molar-refractivity contribution in [3.63, 3.8) is 0 Å². The molecule has 0 radical (unpaired) electrons. The van der Waals surface area contributed by atoms with E-state index < -0.39 is 17.1 Å². The van der Waals surface area contributed by atoms with Gasteiger partial charge in [0, 0.05) is 16.6 Å². The number of benzene rings is 2. The third-order valence-electron chi connectivity index (χ3n) is 5.26. The highest BCUT2D eigenvalue weighted by Crippen LogP contribution is 2.36. The first-order valence-electron chi connectivity index (χ1n) is 9.21. The van der Waals surface area contributed by atoms with Crippen molar-refractivity contribution in [1.82, 2.24) is 14.9 Å². The summed E-state index contributed by atoms with van der Waals surface area (Å²) in [5.74, 6) is -0.944. The highest BCUT2D eigenvalue weighted by molar-refractivity contribution is 6.35. The molecular weight excluding hydrogens is 434 g/mol. The van der Waals surface area contributed by atoms with E-state index in [9.17, 15) is 18.8 Å². The summed E-state index contributed by atoms with van der Waals surface area (Å²) in [6, 6.07) is 5.55. The molecule has 7 nitrogen and oxygen atoms in total. The van der Waals surface area contributed by atoms with E-state index >= 15 is 0 Å². The second kappa shape index (κ2) is 7.77. The lowest BCUT2D eigenvalue weighted by Crippen LogP contribution is -2.42. The Morgan fingerprint density at radius 1 is 1.23 bits per heavy atom. The van der Waals surface area contributed by atoms with E-state index in [2.05, 4.69) is 10.3 Å². The number of aromatic amines is 2. The molecule has 0 spiro atoms. The van der Waals surface area contributed by atoms with Gasteiger partial charge in [0.25, 0.3) is 5.56 Å². The van der Waals surface area contributed by atoms with Crippen LogP contribution >= 0.6 is 23.2 Å². The van der Waals surface area contributed by atoms with Gasteiger partial charge in [0.15, 0.2) is 0 Å². The van der Waals surface area contributed by atoms with Crippen molar-refractivity contribution in [2.24, 2.45) is 0 Å². The van der Waals surface area contributed by atoms with Crippen LogP contribution < -0.4 is 16.6 Å². The van der Waals surface area contributed by atoms with E-state index in [-0.39, 0.29) is 35.1 Å². The molecule has 2 heterocycles. The predicted octanol–water partition coefficient (Wildman–Crippen LogP) is 3.22. The number of fused-ring (bicyclic) bond motifs is 2. The number of carbonyl (C=O) groups is 1. The molecule has 1 atom stereocenters. The Morgan fingerprint density at radius 3 is 2.77 bits per heavy atom. The normalized spacial score (nSPS) is 15.9. The molecule has 4 rings (SSSR count). The molecule has 0 aliphatic carbocycles. The topological polar surface area (TPSA) is 98.1 Å². The summed E-state index contributed by atoms with van der Waals surface area (Å²) < 4.78 is 14.4. The SMILES string of the molecule is CC1c2c(Cl)cc(Cl)cc2CCN1C(=O)CNc1cc2[nH]c(=O)[nH]c(=O)c2cc1F. The van der Waals surface area contributed by atoms with Crippen molar-refractivity contribution in [3.8, 4) is 0 Å². The van der Waals surface area contributed by atoms with Crippen molar-refractivity contribution in [2.45, 2.75) is 19.4 Å². The van der Waals surface area contributed by atoms with Crippen LogP contribution in [0, 0.1) is 5.82 Å². The Balaban J connectivity index is 1.54. The molecule has 0 fully saturated rings. The molecule has 1 aliphatic heterocycles. The van der Waals surface area contributed by atoms with Crippen LogP contribution in [-0.2, 0) is 11.2 Å². The van der Waals surface area contributed by atoms with Crippen molar-refractivity contribution in [1.29, 1.82) is 0 Å². The number of hydrogen-bond donors (Lipinski definition) is 3. The molecule has 1 amide bonds. The number of anilines is 1. The third-order valence-corrected chi connectivity index (χ3v) is 5.80. The Bertz CT molecular complexity index is 1290. The number of nitrogens with zero attached hydrogens (tertiary/aromatic N) is 1. The number of rotatable bonds is 3. The van der Waals surface area contributed by atoms with E-state index in [0.29, 0.717) is 23.0 Å². The number of halogens is 3. The first-order chi connectivity index (χ1) is 14.2. The summed E-state index contributed by atoms with van der Waals surface area (Å²) in [6.45, 7) is 2.19. The van der Waals surface area contributed by atoms with E-state index in [0.717, 1.165) is 17.2 Å². The van der Waals surface area contributed by atoms with Gasteiger partial charge >= 0.3 is 5.69 Å². The number of aromatic nitrogens is 2. The maximum atomic E-state index is 14.4. The van der Waals surface area contributed by atoms with Crippen molar-refractivity contribution in [2.75, 3.05) is 18.4 Å². The zero-order valence-corrected chi connectivity index (χ0v) is 17.3. The lowest BCUT2D eigenvalue weighted by atomic mass is 9.93. The van der Waals surface area contributed by atoms with Crippen molar-refractivity contribution in [3.05, 3.63) is 72.1 Å². The summed E-state index contributed by atoms with van der Waals surface area (Å²) in [5, 5.41) is 3.82. The van der Waals surface area contributed by atoms with Crippen molar-refractivity contribution < 1.29 is 9.18 Å². The maximum absolute atomic E-state index is 14.4. The van der Waals surface area contributed by atoms with Gasteiger partial charge in [-0.3, -0.25) is 14.6 Å². The summed E-state index contributed by atoms with van der Waals surface area (Å²) in [7, 11) is 0. The minimum absolute atomic E-state index is 0.00646. The molecule has 156 valence electrons. The highest BCUT2D eigenvalue weighted by atomic mass is 35.5. The lowest BCUT2D eigenvalue weighted by Gasteiger charge is -2.36. The molecule has 2 aromatic carbocycles. The maximum Gasteiger partial charge on any atom is 0.326 e. The van der Waals surface area contributed by atoms with Gasteiger partial charge in [-0.2, -0.15) is 0 Å². The first-order valence-corrected chi connectivity index (χ1v) is 9.97. The van der Waals surface area contributed by atoms with Gasteiger partial charge in [0.05, 0.1) is 29.2 Å². The summed E-state index contributed by atoms with van der Waals surface area (Å²) in [5.41, 5.74) is 0.657. The van der Waals surface area contributed by atoms with Gasteiger partial charge in [-0.25, -0.2) is 9.18 Å². The second-order valence-corrected chi connectivity index (χ2v) is 7.96. The van der Waals surface area contributed by atoms with Gasteiger partial charge in [-0.05, 0) is 48.7 Å². The number of hydrogen-bond acceptors (Lipinski definition) is 4. The van der Waals surface area contributed by atoms with Crippen LogP contribution in [0.15, 0.2) is 33.9 Å². The molecule has 10 heteroatoms. The van der Waals surface area contributed by atoms with Crippen LogP contribution in [0.5, 0.6) is 0 Å². The molecule has 1 aliphatic rings. The van der Waals surface area contributed by atoms with Crippen LogP contribution in [0.1, 0.15) is 24.1 Å². The largest absolute Gasteiger partial charge is 0.374 e. The molecule has 3 N–H and O–H groups in total. The number of H-pyrrole nitrogens is 2. The first kappa shape index (κ1) is 20.4. The van der Waals surface area contributed by atoms with Gasteiger partial charge < -0.3 is 15.2 Å². The fourth-order valence-corrected chi connectivity index (χ4v) is 4.53. The minimum atomic E-state index is -0.706. The van der Waals surface area contributed by atoms with Crippen LogP contribution in [0.4, 0.5) is 10.1 Å². The smallest absolute Gasteiger partial charge is 0.326 e. The van der Waals surface area contributed by atoms with Crippen LogP contribution in [-0.4, -0.2) is 33.9 Å². The van der Waals surface area contributed by atoms with Gasteiger partial charge in [-0.1, -0.05) is 23.2 Å². The van der Waals surface area contributed by atoms with Gasteiger partial charge in [-0.15, -0.1) is 0 Å². The van der Waals surface area contributed by atoms with E-state index in [1.807, 2.05) is 18.0 Å². The summed E-state index contributed by atoms with van der Waals surface area (Å²) in [4.78, 5) is 42.2. The van der Waals surface area contributed by atoms with Crippen LogP contribution in [0.25, 0.3) is 10.9 Å². The predicted molar refractivity (Wildman–Crippen MR) is 114 cm³/mol. The Kier molecular flexibility index (Phi) is 5.29. The molecule has 30 heavy (non-hydrogen) atoms. The van der Waals surface area contributed by atoms with E-state index in [1.165, 1.54) is 6.07 Å². The fourth-order valence-electron chi connectivity index (χ4n) is 3.84. The number of amides is 1. The molecule has 1 unspecified atom stereocenters. The van der Waals surface area contributed by atoms with Gasteiger partial charge in [0.1, 0.15) is 5.82 Å². The zero-order chi connectivity index (χ0) is 21.6. The van der Waals surface area contributed by atoms with Crippen LogP contribution in [0.2, 0.25) is 10.0 Å². The highest BCUT2D eigenvalue weighted by Gasteiger charge is 2.29. The van der Waals surface area contributed by atoms with Crippen LogP contribution in [0.3, 0.4) is 0 Å². The Morgan fingerprint density at radius 2 is 2.00 bits per heavy atom. The van der Waals surface area contributed by atoms with E-state index in [4.69, 9.17) is 23.2 Å². The number of nitrogens with one attached hydrogen (secondary N) is 3. The summed E-state index contributed by atoms with van der Waals surface area (Å²) in [6.07, 6.45) is 0.611. The average molecular weight is 451 g/mol. The van der Waals surface area contributed by atoms with Gasteiger partial charge in [0.2, 0.25) is 5.91 Å². The number of carbonyl (C=O) groups excluding carboxylic acids is 1. The quantitative estimate of drug-likeness (QED) is 0.570. The lowest BCUT2D eigenvalue weighted by molar-refractivity contribution is -0.131. The zero-order valence-electron chi connectivity index (χ0n) is 15.8.